The summed E-state index contributed by atoms with van der Waals surface area (Å²) in [6.07, 6.45) is 5.65. The first-order valence-electron chi connectivity index (χ1n) is 10.9. The van der Waals surface area contributed by atoms with Gasteiger partial charge in [0.15, 0.2) is 0 Å². The van der Waals surface area contributed by atoms with Crippen molar-refractivity contribution in [1.29, 1.82) is 4.78 Å². The van der Waals surface area contributed by atoms with E-state index in [1.807, 2.05) is 36.4 Å². The predicted molar refractivity (Wildman–Crippen MR) is 134 cm³/mol. The van der Waals surface area contributed by atoms with E-state index in [2.05, 4.69) is 25.6 Å². The van der Waals surface area contributed by atoms with Crippen molar-refractivity contribution in [3.05, 3.63) is 71.7 Å². The fraction of sp³-hybridized carbons (Fsp3) is 0.440. The number of ether oxygens (including phenoxy) is 1. The minimum absolute atomic E-state index is 0.0976. The average Bonchev–Trinajstić information content (AvgIpc) is 2.77. The van der Waals surface area contributed by atoms with Gasteiger partial charge in [0.25, 0.3) is 0 Å². The smallest absolute Gasteiger partial charge is 0.363 e. The Labute approximate surface area is 201 Å². The first kappa shape index (κ1) is 27.9. The number of carbonyl (C=O) groups is 1. The van der Waals surface area contributed by atoms with Gasteiger partial charge in [-0.3, -0.25) is 9.57 Å². The second-order valence-corrected chi connectivity index (χ2v) is 11.1. The third-order valence-corrected chi connectivity index (χ3v) is 8.35. The van der Waals surface area contributed by atoms with Crippen molar-refractivity contribution in [3.63, 3.8) is 0 Å². The number of nitrogens with zero attached hydrogens (tertiary/aromatic N) is 2. The van der Waals surface area contributed by atoms with Gasteiger partial charge in [0.1, 0.15) is 13.2 Å². The minimum atomic E-state index is -4.45. The number of nitrogens with one attached hydrogen (secondary N) is 1. The van der Waals surface area contributed by atoms with Crippen LogP contribution in [0.4, 0.5) is 13.2 Å². The number of alkyl halides is 3. The predicted octanol–water partition coefficient (Wildman–Crippen LogP) is 5.21. The fourth-order valence-electron chi connectivity index (χ4n) is 3.67. The number of rotatable bonds is 8. The molecule has 2 rings (SSSR count). The molecule has 0 bridgehead atoms. The molecule has 1 unspecified atom stereocenters. The number of hydrogen-bond acceptors (Lipinski definition) is 3. The lowest BCUT2D eigenvalue weighted by Gasteiger charge is -2.48. The van der Waals surface area contributed by atoms with E-state index in [4.69, 9.17) is 9.52 Å². The van der Waals surface area contributed by atoms with Crippen molar-refractivity contribution in [2.75, 3.05) is 32.8 Å². The van der Waals surface area contributed by atoms with Crippen LogP contribution in [0.15, 0.2) is 71.7 Å². The van der Waals surface area contributed by atoms with Crippen LogP contribution in [0.25, 0.3) is 0 Å². The third kappa shape index (κ3) is 7.32. The van der Waals surface area contributed by atoms with E-state index in [0.717, 1.165) is 16.0 Å². The zero-order chi connectivity index (χ0) is 25.7. The molecule has 2 saturated heterocycles. The molecule has 34 heavy (non-hydrogen) atoms. The highest BCUT2D eigenvalue weighted by molar-refractivity contribution is 8.02. The maximum Gasteiger partial charge on any atom is 0.406 e. The molecule has 1 amide bonds. The van der Waals surface area contributed by atoms with Crippen molar-refractivity contribution >= 4 is 21.4 Å². The zero-order valence-corrected chi connectivity index (χ0v) is 20.7. The summed E-state index contributed by atoms with van der Waals surface area (Å²) in [5.74, 6) is 3.44. The molecule has 2 heterocycles. The van der Waals surface area contributed by atoms with Crippen LogP contribution in [0, 0.1) is 4.78 Å². The van der Waals surface area contributed by atoms with Crippen molar-refractivity contribution < 1.29 is 22.7 Å². The highest BCUT2D eigenvalue weighted by Gasteiger charge is 2.45. The topological polar surface area (TPSA) is 56.6 Å². The van der Waals surface area contributed by atoms with Crippen LogP contribution in [0.5, 0.6) is 0 Å². The summed E-state index contributed by atoms with van der Waals surface area (Å²) in [5, 5.41) is 0. The fourth-order valence-corrected chi connectivity index (χ4v) is 5.10. The molecule has 1 N–H and O–H groups in total. The summed E-state index contributed by atoms with van der Waals surface area (Å²) in [4.78, 5) is 13.3. The Morgan fingerprint density at radius 3 is 2.24 bits per heavy atom. The molecule has 0 radical (unpaired) electrons. The summed E-state index contributed by atoms with van der Waals surface area (Å²) in [7, 11) is -2.38. The maximum atomic E-state index is 12.8. The SMILES string of the molecule is C=C(C=CC(=C)S(=C)(=N)N1CCC2(CC1)CN(CC(F)(F)F)C(=O)CO2)C(=C)C=CC(C)=CC. The molecule has 0 aromatic carbocycles. The normalized spacial score (nSPS) is 21.9. The van der Waals surface area contributed by atoms with E-state index in [1.54, 1.807) is 12.2 Å². The van der Waals surface area contributed by atoms with Crippen molar-refractivity contribution in [2.45, 2.75) is 38.5 Å². The Morgan fingerprint density at radius 1 is 1.15 bits per heavy atom. The van der Waals surface area contributed by atoms with Gasteiger partial charge in [-0.15, -0.1) is 0 Å². The Bertz CT molecular complexity index is 1030. The van der Waals surface area contributed by atoms with Gasteiger partial charge in [0.2, 0.25) is 5.91 Å². The van der Waals surface area contributed by atoms with Gasteiger partial charge in [-0.05, 0) is 49.8 Å². The van der Waals surface area contributed by atoms with Crippen LogP contribution >= 0.6 is 0 Å². The van der Waals surface area contributed by atoms with Crippen LogP contribution in [0.3, 0.4) is 0 Å². The lowest BCUT2D eigenvalue weighted by Crippen LogP contribution is -2.60. The van der Waals surface area contributed by atoms with Crippen LogP contribution in [0.2, 0.25) is 0 Å². The van der Waals surface area contributed by atoms with Crippen LogP contribution in [-0.4, -0.2) is 65.5 Å². The monoisotopic (exact) mass is 497 g/mol. The molecule has 2 aliphatic rings. The van der Waals surface area contributed by atoms with E-state index >= 15 is 0 Å². The first-order chi connectivity index (χ1) is 15.7. The molecule has 0 aliphatic carbocycles. The number of piperidine rings is 1. The van der Waals surface area contributed by atoms with E-state index in [1.165, 1.54) is 0 Å². The molecule has 0 aromatic heterocycles. The molecular formula is C25H34F3N3O2S. The Hall–Kier alpha value is -2.36. The maximum absolute atomic E-state index is 12.8. The number of amides is 1. The number of morpholine rings is 1. The molecular weight excluding hydrogens is 463 g/mol. The molecule has 188 valence electrons. The molecule has 9 heteroatoms. The van der Waals surface area contributed by atoms with E-state index in [-0.39, 0.29) is 13.2 Å². The van der Waals surface area contributed by atoms with Crippen molar-refractivity contribution in [1.82, 2.24) is 9.21 Å². The van der Waals surface area contributed by atoms with Gasteiger partial charge in [-0.1, -0.05) is 59.2 Å². The van der Waals surface area contributed by atoms with Crippen molar-refractivity contribution in [2.24, 2.45) is 0 Å². The summed E-state index contributed by atoms with van der Waals surface area (Å²) in [5.41, 5.74) is 1.71. The zero-order valence-electron chi connectivity index (χ0n) is 19.9. The number of halogens is 3. The number of carbonyl (C=O) groups excluding carboxylic acids is 1. The number of hydrogen-bond donors (Lipinski definition) is 1. The van der Waals surface area contributed by atoms with Crippen LogP contribution < -0.4 is 0 Å². The Balaban J connectivity index is 2.00. The van der Waals surface area contributed by atoms with Gasteiger partial charge >= 0.3 is 6.18 Å². The van der Waals surface area contributed by atoms with Crippen molar-refractivity contribution in [3.8, 4) is 0 Å². The summed E-state index contributed by atoms with van der Waals surface area (Å²) in [6.45, 7) is 15.1. The largest absolute Gasteiger partial charge is 0.406 e. The highest BCUT2D eigenvalue weighted by atomic mass is 32.2. The lowest BCUT2D eigenvalue weighted by atomic mass is 9.90. The third-order valence-electron chi connectivity index (χ3n) is 6.10. The second kappa shape index (κ2) is 10.9. The molecule has 0 aromatic rings. The van der Waals surface area contributed by atoms with Gasteiger partial charge in [-0.2, -0.15) is 13.2 Å². The van der Waals surface area contributed by atoms with E-state index in [9.17, 15) is 18.0 Å². The quantitative estimate of drug-likeness (QED) is 0.370. The van der Waals surface area contributed by atoms with Gasteiger partial charge in [-0.25, -0.2) is 4.31 Å². The highest BCUT2D eigenvalue weighted by Crippen LogP contribution is 2.34. The molecule has 1 atom stereocenters. The van der Waals surface area contributed by atoms with Gasteiger partial charge < -0.3 is 9.64 Å². The Morgan fingerprint density at radius 2 is 1.71 bits per heavy atom. The summed E-state index contributed by atoms with van der Waals surface area (Å²) in [6, 6.07) is 0. The molecule has 2 aliphatic heterocycles. The van der Waals surface area contributed by atoms with E-state index < -0.39 is 33.8 Å². The molecule has 5 nitrogen and oxygen atoms in total. The Kier molecular flexibility index (Phi) is 8.96. The van der Waals surface area contributed by atoms with Gasteiger partial charge in [0.05, 0.1) is 12.1 Å². The van der Waals surface area contributed by atoms with Crippen LogP contribution in [0.1, 0.15) is 26.7 Å². The van der Waals surface area contributed by atoms with Crippen LogP contribution in [-0.2, 0) is 19.1 Å². The lowest BCUT2D eigenvalue weighted by molar-refractivity contribution is -0.193. The molecule has 2 fully saturated rings. The summed E-state index contributed by atoms with van der Waals surface area (Å²) < 4.78 is 55.0. The second-order valence-electron chi connectivity index (χ2n) is 8.68. The molecule has 0 saturated carbocycles. The number of allylic oxidation sites excluding steroid dienone is 8. The minimum Gasteiger partial charge on any atom is -0.363 e. The van der Waals surface area contributed by atoms with Gasteiger partial charge in [0, 0.05) is 18.0 Å². The van der Waals surface area contributed by atoms with E-state index in [0.29, 0.717) is 36.4 Å². The summed E-state index contributed by atoms with van der Waals surface area (Å²) >= 11 is 0. The first-order valence-corrected chi connectivity index (χ1v) is 12.7. The standard InChI is InChI=1S/C25H34F3N3O2S/c1-7-19(2)8-9-20(3)21(4)10-11-22(5)34(6,29)31-14-12-24(13-15-31)17-30(18-25(26,27)28)23(32)16-33-24/h7-11,29H,3-6,12-18H2,1-2H3. The average molecular weight is 498 g/mol. The molecule has 1 spiro atoms.